The summed E-state index contributed by atoms with van der Waals surface area (Å²) >= 11 is 0. The molecule has 1 aliphatic heterocycles. The molecule has 0 radical (unpaired) electrons. The molecular weight excluding hydrogens is 272 g/mol. The number of morpholine rings is 1. The van der Waals surface area contributed by atoms with Crippen molar-refractivity contribution in [2.24, 2.45) is 5.92 Å². The van der Waals surface area contributed by atoms with E-state index in [1.807, 2.05) is 25.7 Å². The van der Waals surface area contributed by atoms with Gasteiger partial charge in [0.05, 0.1) is 30.7 Å². The van der Waals surface area contributed by atoms with Crippen LogP contribution in [0.2, 0.25) is 0 Å². The number of amides is 2. The molecular formula is C15H26N2O4. The van der Waals surface area contributed by atoms with Gasteiger partial charge in [-0.15, -0.1) is 0 Å². The van der Waals surface area contributed by atoms with Crippen LogP contribution in [0.4, 0.5) is 4.79 Å². The second-order valence-electron chi connectivity index (χ2n) is 6.88. The molecule has 1 aliphatic carbocycles. The number of nitrogens with zero attached hydrogens (tertiary/aromatic N) is 1. The number of hydrogen-bond donors (Lipinski definition) is 2. The van der Waals surface area contributed by atoms with Crippen LogP contribution in [0.1, 0.15) is 46.5 Å². The lowest BCUT2D eigenvalue weighted by molar-refractivity contribution is -0.142. The molecule has 2 rings (SSSR count). The van der Waals surface area contributed by atoms with Gasteiger partial charge in [-0.2, -0.15) is 0 Å². The van der Waals surface area contributed by atoms with E-state index in [4.69, 9.17) is 9.84 Å². The van der Waals surface area contributed by atoms with Gasteiger partial charge in [0.1, 0.15) is 0 Å². The molecule has 0 aromatic rings. The Kier molecular flexibility index (Phi) is 4.76. The SMILES string of the molecule is C[C@H]1COC(C)(C)CN1C(=O)NC1CCC(C(=O)O)CC1. The minimum absolute atomic E-state index is 0.0577. The number of hydrogen-bond acceptors (Lipinski definition) is 3. The van der Waals surface area contributed by atoms with Crippen LogP contribution in [0.25, 0.3) is 0 Å². The molecule has 2 N–H and O–H groups in total. The van der Waals surface area contributed by atoms with Crippen molar-refractivity contribution in [3.63, 3.8) is 0 Å². The van der Waals surface area contributed by atoms with Crippen molar-refractivity contribution in [2.75, 3.05) is 13.2 Å². The van der Waals surface area contributed by atoms with Gasteiger partial charge in [-0.3, -0.25) is 4.79 Å². The van der Waals surface area contributed by atoms with Crippen LogP contribution in [0.3, 0.4) is 0 Å². The Hall–Kier alpha value is -1.30. The van der Waals surface area contributed by atoms with Crippen molar-refractivity contribution in [2.45, 2.75) is 64.1 Å². The van der Waals surface area contributed by atoms with Gasteiger partial charge in [0, 0.05) is 6.04 Å². The molecule has 2 aliphatic rings. The van der Waals surface area contributed by atoms with Crippen molar-refractivity contribution in [3.05, 3.63) is 0 Å². The Balaban J connectivity index is 1.85. The van der Waals surface area contributed by atoms with Gasteiger partial charge in [0.2, 0.25) is 0 Å². The number of carbonyl (C=O) groups is 2. The highest BCUT2D eigenvalue weighted by Crippen LogP contribution is 2.25. The summed E-state index contributed by atoms with van der Waals surface area (Å²) in [5.74, 6) is -0.970. The fourth-order valence-electron chi connectivity index (χ4n) is 3.06. The van der Waals surface area contributed by atoms with Crippen LogP contribution >= 0.6 is 0 Å². The summed E-state index contributed by atoms with van der Waals surface area (Å²) in [6.07, 6.45) is 2.77. The molecule has 2 amide bonds. The molecule has 2 fully saturated rings. The van der Waals surface area contributed by atoms with Crippen molar-refractivity contribution < 1.29 is 19.4 Å². The Labute approximate surface area is 125 Å². The maximum atomic E-state index is 12.4. The fourth-order valence-corrected chi connectivity index (χ4v) is 3.06. The highest BCUT2D eigenvalue weighted by atomic mass is 16.5. The number of carboxylic acid groups (broad SMARTS) is 1. The van der Waals surface area contributed by atoms with Crippen molar-refractivity contribution in [1.82, 2.24) is 10.2 Å². The second-order valence-corrected chi connectivity index (χ2v) is 6.88. The van der Waals surface area contributed by atoms with Crippen LogP contribution in [0.15, 0.2) is 0 Å². The van der Waals surface area contributed by atoms with Gasteiger partial charge in [-0.05, 0) is 46.5 Å². The van der Waals surface area contributed by atoms with Crippen molar-refractivity contribution in [3.8, 4) is 0 Å². The first-order chi connectivity index (χ1) is 9.78. The molecule has 6 nitrogen and oxygen atoms in total. The lowest BCUT2D eigenvalue weighted by atomic mass is 9.86. The lowest BCUT2D eigenvalue weighted by Crippen LogP contribution is -2.59. The maximum Gasteiger partial charge on any atom is 0.318 e. The van der Waals surface area contributed by atoms with Gasteiger partial charge >= 0.3 is 12.0 Å². The largest absolute Gasteiger partial charge is 0.481 e. The highest BCUT2D eigenvalue weighted by Gasteiger charge is 2.35. The van der Waals surface area contributed by atoms with E-state index < -0.39 is 5.97 Å². The van der Waals surface area contributed by atoms with Crippen LogP contribution < -0.4 is 5.32 Å². The summed E-state index contributed by atoms with van der Waals surface area (Å²) in [5, 5.41) is 12.0. The van der Waals surface area contributed by atoms with Crippen molar-refractivity contribution >= 4 is 12.0 Å². The zero-order valence-electron chi connectivity index (χ0n) is 13.1. The molecule has 0 spiro atoms. The number of carboxylic acids is 1. The van der Waals surface area contributed by atoms with Gasteiger partial charge in [-0.25, -0.2) is 4.79 Å². The summed E-state index contributed by atoms with van der Waals surface area (Å²) in [4.78, 5) is 25.2. The second kappa shape index (κ2) is 6.22. The summed E-state index contributed by atoms with van der Waals surface area (Å²) in [5.41, 5.74) is -0.315. The van der Waals surface area contributed by atoms with E-state index in [1.165, 1.54) is 0 Å². The minimum Gasteiger partial charge on any atom is -0.481 e. The Bertz CT molecular complexity index is 402. The number of rotatable bonds is 2. The first-order valence-corrected chi connectivity index (χ1v) is 7.72. The predicted octanol–water partition coefficient (Wildman–Crippen LogP) is 1.84. The molecule has 1 saturated carbocycles. The smallest absolute Gasteiger partial charge is 0.318 e. The molecule has 1 heterocycles. The topological polar surface area (TPSA) is 78.9 Å². The monoisotopic (exact) mass is 298 g/mol. The summed E-state index contributed by atoms with van der Waals surface area (Å²) in [7, 11) is 0. The summed E-state index contributed by atoms with van der Waals surface area (Å²) in [6.45, 7) is 7.07. The van der Waals surface area contributed by atoms with E-state index in [1.54, 1.807) is 0 Å². The average Bonchev–Trinajstić information content (AvgIpc) is 2.42. The molecule has 120 valence electrons. The first kappa shape index (κ1) is 16.1. The Morgan fingerprint density at radius 3 is 2.43 bits per heavy atom. The lowest BCUT2D eigenvalue weighted by Gasteiger charge is -2.43. The quantitative estimate of drug-likeness (QED) is 0.815. The molecule has 0 aromatic carbocycles. The average molecular weight is 298 g/mol. The third kappa shape index (κ3) is 4.09. The van der Waals surface area contributed by atoms with Crippen LogP contribution in [-0.4, -0.2) is 52.8 Å². The third-order valence-electron chi connectivity index (χ3n) is 4.46. The normalized spacial score (nSPS) is 32.5. The number of aliphatic carboxylic acids is 1. The number of carbonyl (C=O) groups excluding carboxylic acids is 1. The van der Waals surface area contributed by atoms with Gasteiger partial charge in [-0.1, -0.05) is 0 Å². The van der Waals surface area contributed by atoms with Crippen molar-refractivity contribution in [1.29, 1.82) is 0 Å². The molecule has 1 atom stereocenters. The molecule has 0 aromatic heterocycles. The standard InChI is InChI=1S/C15H26N2O4/c1-10-8-21-15(2,3)9-17(10)14(20)16-12-6-4-11(5-7-12)13(18)19/h10-12H,4-9H2,1-3H3,(H,16,20)(H,18,19)/t10-,11?,12?/m0/s1. The van der Waals surface area contributed by atoms with E-state index in [0.717, 1.165) is 12.8 Å². The molecule has 6 heteroatoms. The fraction of sp³-hybridized carbons (Fsp3) is 0.867. The number of nitrogens with one attached hydrogen (secondary N) is 1. The zero-order chi connectivity index (χ0) is 15.6. The van der Waals surface area contributed by atoms with E-state index in [2.05, 4.69) is 5.32 Å². The molecule has 0 unspecified atom stereocenters. The highest BCUT2D eigenvalue weighted by molar-refractivity contribution is 5.75. The molecule has 0 bridgehead atoms. The van der Waals surface area contributed by atoms with Crippen LogP contribution in [0.5, 0.6) is 0 Å². The summed E-state index contributed by atoms with van der Waals surface area (Å²) in [6, 6.07) is 0.0947. The maximum absolute atomic E-state index is 12.4. The third-order valence-corrected chi connectivity index (χ3v) is 4.46. The molecule has 21 heavy (non-hydrogen) atoms. The number of ether oxygens (including phenoxy) is 1. The summed E-state index contributed by atoms with van der Waals surface area (Å²) < 4.78 is 5.70. The van der Waals surface area contributed by atoms with E-state index in [0.29, 0.717) is 26.0 Å². The first-order valence-electron chi connectivity index (χ1n) is 7.72. The zero-order valence-corrected chi connectivity index (χ0v) is 13.1. The number of urea groups is 1. The van der Waals surface area contributed by atoms with Gasteiger partial charge < -0.3 is 20.1 Å². The van der Waals surface area contributed by atoms with Crippen LogP contribution in [-0.2, 0) is 9.53 Å². The van der Waals surface area contributed by atoms with E-state index in [9.17, 15) is 9.59 Å². The Morgan fingerprint density at radius 1 is 1.24 bits per heavy atom. The predicted molar refractivity (Wildman–Crippen MR) is 78.1 cm³/mol. The van der Waals surface area contributed by atoms with Gasteiger partial charge in [0.25, 0.3) is 0 Å². The van der Waals surface area contributed by atoms with E-state index in [-0.39, 0.29) is 29.6 Å². The minimum atomic E-state index is -0.719. The molecule has 1 saturated heterocycles. The van der Waals surface area contributed by atoms with E-state index >= 15 is 0 Å². The Morgan fingerprint density at radius 2 is 1.86 bits per heavy atom. The van der Waals surface area contributed by atoms with Crippen LogP contribution in [0, 0.1) is 5.92 Å². The van der Waals surface area contributed by atoms with Gasteiger partial charge in [0.15, 0.2) is 0 Å².